The third-order valence-corrected chi connectivity index (χ3v) is 3.16. The molecule has 0 saturated heterocycles. The summed E-state index contributed by atoms with van der Waals surface area (Å²) in [6.07, 6.45) is 5.74. The highest BCUT2D eigenvalue weighted by Gasteiger charge is 2.27. The van der Waals surface area contributed by atoms with Gasteiger partial charge >= 0.3 is 0 Å². The molecule has 1 rings (SSSR count). The lowest BCUT2D eigenvalue weighted by Crippen LogP contribution is -2.10. The molecule has 0 bridgehead atoms. The molecule has 1 saturated carbocycles. The molecule has 1 heteroatoms. The van der Waals surface area contributed by atoms with E-state index in [1.165, 1.54) is 24.8 Å². The van der Waals surface area contributed by atoms with Gasteiger partial charge in [0, 0.05) is 6.42 Å². The summed E-state index contributed by atoms with van der Waals surface area (Å²) in [5, 5.41) is 0. The Morgan fingerprint density at radius 3 is 2.62 bits per heavy atom. The summed E-state index contributed by atoms with van der Waals surface area (Å²) in [6, 6.07) is 0. The maximum Gasteiger partial charge on any atom is 0.129 e. The molecule has 0 aromatic heterocycles. The van der Waals surface area contributed by atoms with E-state index in [2.05, 4.69) is 13.5 Å². The van der Waals surface area contributed by atoms with Gasteiger partial charge in [-0.3, -0.25) is 0 Å². The largest absolute Gasteiger partial charge is 0.300 e. The molecule has 0 unspecified atom stereocenters. The van der Waals surface area contributed by atoms with Crippen LogP contribution in [0.15, 0.2) is 12.2 Å². The van der Waals surface area contributed by atoms with Gasteiger partial charge in [-0.1, -0.05) is 18.6 Å². The number of rotatable bonds is 4. The van der Waals surface area contributed by atoms with E-state index in [1.807, 2.05) is 0 Å². The Morgan fingerprint density at radius 1 is 1.38 bits per heavy atom. The fraction of sp³-hybridized carbons (Fsp3) is 0.750. The van der Waals surface area contributed by atoms with Crippen molar-refractivity contribution in [3.05, 3.63) is 12.2 Å². The van der Waals surface area contributed by atoms with Gasteiger partial charge in [0.25, 0.3) is 0 Å². The first-order chi connectivity index (χ1) is 6.11. The molecule has 74 valence electrons. The van der Waals surface area contributed by atoms with E-state index in [9.17, 15) is 4.79 Å². The molecule has 0 amide bonds. The van der Waals surface area contributed by atoms with Crippen LogP contribution in [0.5, 0.6) is 0 Å². The van der Waals surface area contributed by atoms with Crippen LogP contribution in [0, 0.1) is 11.8 Å². The Hall–Kier alpha value is -0.590. The summed E-state index contributed by atoms with van der Waals surface area (Å²) in [4.78, 5) is 10.9. The van der Waals surface area contributed by atoms with Crippen molar-refractivity contribution in [2.45, 2.75) is 46.0 Å². The minimum atomic E-state index is 0.326. The first-order valence-electron chi connectivity index (χ1n) is 5.26. The minimum Gasteiger partial charge on any atom is -0.300 e. The lowest BCUT2D eigenvalue weighted by atomic mass is 9.87. The normalized spacial score (nSPS) is 27.5. The highest BCUT2D eigenvalue weighted by molar-refractivity contribution is 5.75. The van der Waals surface area contributed by atoms with Crippen molar-refractivity contribution in [2.24, 2.45) is 11.8 Å². The van der Waals surface area contributed by atoms with E-state index in [-0.39, 0.29) is 0 Å². The highest BCUT2D eigenvalue weighted by atomic mass is 16.1. The molecule has 2 atom stereocenters. The maximum absolute atomic E-state index is 10.9. The number of hydrogen-bond acceptors (Lipinski definition) is 1. The Balaban J connectivity index is 2.39. The number of Topliss-reactive ketones (excluding diaryl/α,β-unsaturated/α-hetero) is 1. The molecule has 0 aromatic carbocycles. The van der Waals surface area contributed by atoms with Crippen LogP contribution in [0.25, 0.3) is 0 Å². The Kier molecular flexibility index (Phi) is 3.71. The standard InChI is InChI=1S/C12H20O/c1-9(2)12-6-4-5-11(12)8-7-10(3)13/h11-12H,1,4-8H2,2-3H3/t11-,12+/m1/s1. The fourth-order valence-electron chi connectivity index (χ4n) is 2.42. The zero-order chi connectivity index (χ0) is 9.84. The molecular formula is C12H20O. The fourth-order valence-corrected chi connectivity index (χ4v) is 2.42. The highest BCUT2D eigenvalue weighted by Crippen LogP contribution is 2.38. The summed E-state index contributed by atoms with van der Waals surface area (Å²) in [5.74, 6) is 1.76. The van der Waals surface area contributed by atoms with Gasteiger partial charge in [0.05, 0.1) is 0 Å². The average Bonchev–Trinajstić information content (AvgIpc) is 2.47. The lowest BCUT2D eigenvalue weighted by molar-refractivity contribution is -0.117. The van der Waals surface area contributed by atoms with E-state index in [0.29, 0.717) is 11.7 Å². The van der Waals surface area contributed by atoms with Crippen LogP contribution < -0.4 is 0 Å². The van der Waals surface area contributed by atoms with Gasteiger partial charge in [-0.25, -0.2) is 0 Å². The summed E-state index contributed by atoms with van der Waals surface area (Å²) >= 11 is 0. The molecule has 1 aliphatic rings. The average molecular weight is 180 g/mol. The monoisotopic (exact) mass is 180 g/mol. The van der Waals surface area contributed by atoms with Crippen LogP contribution in [-0.2, 0) is 4.79 Å². The predicted octanol–water partition coefficient (Wildman–Crippen LogP) is 3.35. The van der Waals surface area contributed by atoms with E-state index in [4.69, 9.17) is 0 Å². The molecule has 0 aromatic rings. The second-order valence-electron chi connectivity index (χ2n) is 4.38. The number of ketones is 1. The van der Waals surface area contributed by atoms with Gasteiger partial charge in [-0.05, 0) is 44.9 Å². The van der Waals surface area contributed by atoms with Gasteiger partial charge in [0.2, 0.25) is 0 Å². The van der Waals surface area contributed by atoms with E-state index >= 15 is 0 Å². The molecule has 1 aliphatic carbocycles. The lowest BCUT2D eigenvalue weighted by Gasteiger charge is -2.18. The van der Waals surface area contributed by atoms with Crippen LogP contribution in [0.1, 0.15) is 46.0 Å². The molecule has 0 heterocycles. The zero-order valence-electron chi connectivity index (χ0n) is 8.81. The first kappa shape index (κ1) is 10.5. The Morgan fingerprint density at radius 2 is 2.08 bits per heavy atom. The number of allylic oxidation sites excluding steroid dienone is 1. The predicted molar refractivity (Wildman–Crippen MR) is 55.6 cm³/mol. The van der Waals surface area contributed by atoms with Crippen LogP contribution in [0.3, 0.4) is 0 Å². The molecule has 0 spiro atoms. The molecule has 13 heavy (non-hydrogen) atoms. The van der Waals surface area contributed by atoms with E-state index in [1.54, 1.807) is 6.92 Å². The molecule has 0 radical (unpaired) electrons. The van der Waals surface area contributed by atoms with Gasteiger partial charge in [-0.2, -0.15) is 0 Å². The maximum atomic E-state index is 10.9. The van der Waals surface area contributed by atoms with Gasteiger partial charge in [-0.15, -0.1) is 0 Å². The summed E-state index contributed by atoms with van der Waals surface area (Å²) < 4.78 is 0. The molecular weight excluding hydrogens is 160 g/mol. The Bertz CT molecular complexity index is 205. The number of hydrogen-bond donors (Lipinski definition) is 0. The summed E-state index contributed by atoms with van der Waals surface area (Å²) in [6.45, 7) is 7.84. The Labute approximate surface area is 81.2 Å². The zero-order valence-corrected chi connectivity index (χ0v) is 8.81. The van der Waals surface area contributed by atoms with Gasteiger partial charge in [0.15, 0.2) is 0 Å². The van der Waals surface area contributed by atoms with Crippen LogP contribution in [0.2, 0.25) is 0 Å². The van der Waals surface area contributed by atoms with Crippen LogP contribution >= 0.6 is 0 Å². The first-order valence-corrected chi connectivity index (χ1v) is 5.26. The second-order valence-corrected chi connectivity index (χ2v) is 4.38. The van der Waals surface area contributed by atoms with Crippen molar-refractivity contribution in [2.75, 3.05) is 0 Å². The molecule has 1 nitrogen and oxygen atoms in total. The molecule has 1 fully saturated rings. The second kappa shape index (κ2) is 4.59. The number of carbonyl (C=O) groups is 1. The van der Waals surface area contributed by atoms with E-state index < -0.39 is 0 Å². The van der Waals surface area contributed by atoms with Crippen molar-refractivity contribution in [1.82, 2.24) is 0 Å². The SMILES string of the molecule is C=C(C)[C@@H]1CCC[C@@H]1CCC(C)=O. The minimum absolute atomic E-state index is 0.326. The van der Waals surface area contributed by atoms with Gasteiger partial charge in [0.1, 0.15) is 5.78 Å². The third kappa shape index (κ3) is 2.98. The van der Waals surface area contributed by atoms with Crippen molar-refractivity contribution in [1.29, 1.82) is 0 Å². The smallest absolute Gasteiger partial charge is 0.129 e. The van der Waals surface area contributed by atoms with Crippen molar-refractivity contribution in [3.63, 3.8) is 0 Å². The third-order valence-electron chi connectivity index (χ3n) is 3.16. The van der Waals surface area contributed by atoms with Gasteiger partial charge < -0.3 is 4.79 Å². The van der Waals surface area contributed by atoms with Crippen molar-refractivity contribution >= 4 is 5.78 Å². The van der Waals surface area contributed by atoms with Crippen LogP contribution in [-0.4, -0.2) is 5.78 Å². The quantitative estimate of drug-likeness (QED) is 0.606. The number of carbonyl (C=O) groups excluding carboxylic acids is 1. The van der Waals surface area contributed by atoms with E-state index in [0.717, 1.165) is 18.8 Å². The summed E-state index contributed by atoms with van der Waals surface area (Å²) in [5.41, 5.74) is 1.31. The topological polar surface area (TPSA) is 17.1 Å². The summed E-state index contributed by atoms with van der Waals surface area (Å²) in [7, 11) is 0. The van der Waals surface area contributed by atoms with Crippen LogP contribution in [0.4, 0.5) is 0 Å². The molecule has 0 aliphatic heterocycles. The van der Waals surface area contributed by atoms with Crippen molar-refractivity contribution in [3.8, 4) is 0 Å². The molecule has 0 N–H and O–H groups in total. The van der Waals surface area contributed by atoms with Crippen molar-refractivity contribution < 1.29 is 4.79 Å².